The van der Waals surface area contributed by atoms with Crippen molar-refractivity contribution < 1.29 is 22.7 Å². The molecule has 1 aliphatic heterocycles. The number of nitrogens with zero attached hydrogens (tertiary/aromatic N) is 1. The van der Waals surface area contributed by atoms with Crippen molar-refractivity contribution in [2.24, 2.45) is 0 Å². The standard InChI is InChI=1S/C25H32N2O5S/c1-19-8-7-9-23(20(19)2)26-24(28)18-32-25(29)15-12-21-10-13-22(14-11-21)33(30,31)27-16-5-3-4-6-17-27/h7-11,13-14H,3-6,12,15-18H2,1-2H3,(H,26,28). The van der Waals surface area contributed by atoms with Crippen LogP contribution in [0.5, 0.6) is 0 Å². The first-order valence-corrected chi connectivity index (χ1v) is 12.8. The van der Waals surface area contributed by atoms with Crippen molar-refractivity contribution in [3.05, 3.63) is 59.2 Å². The molecular weight excluding hydrogens is 440 g/mol. The first kappa shape index (κ1) is 24.9. The Morgan fingerprint density at radius 3 is 2.30 bits per heavy atom. The molecule has 8 heteroatoms. The smallest absolute Gasteiger partial charge is 0.306 e. The van der Waals surface area contributed by atoms with E-state index in [1.807, 2.05) is 26.0 Å². The van der Waals surface area contributed by atoms with Gasteiger partial charge in [0.15, 0.2) is 6.61 Å². The van der Waals surface area contributed by atoms with Crippen LogP contribution in [0.3, 0.4) is 0 Å². The van der Waals surface area contributed by atoms with Gasteiger partial charge in [-0.15, -0.1) is 0 Å². The van der Waals surface area contributed by atoms with Crippen LogP contribution in [0.15, 0.2) is 47.4 Å². The number of esters is 1. The maximum Gasteiger partial charge on any atom is 0.306 e. The van der Waals surface area contributed by atoms with E-state index in [1.165, 1.54) is 0 Å². The third-order valence-electron chi connectivity index (χ3n) is 5.99. The van der Waals surface area contributed by atoms with Crippen LogP contribution in [0.2, 0.25) is 0 Å². The molecule has 1 amide bonds. The number of sulfonamides is 1. The van der Waals surface area contributed by atoms with Gasteiger partial charge in [0.1, 0.15) is 0 Å². The van der Waals surface area contributed by atoms with Crippen molar-refractivity contribution in [3.63, 3.8) is 0 Å². The first-order chi connectivity index (χ1) is 15.8. The fourth-order valence-corrected chi connectivity index (χ4v) is 5.31. The molecule has 0 bridgehead atoms. The maximum atomic E-state index is 12.9. The number of benzene rings is 2. The molecule has 0 spiro atoms. The number of nitrogens with one attached hydrogen (secondary N) is 1. The van der Waals surface area contributed by atoms with Crippen LogP contribution in [-0.4, -0.2) is 44.3 Å². The maximum absolute atomic E-state index is 12.9. The van der Waals surface area contributed by atoms with Crippen molar-refractivity contribution in [2.45, 2.75) is 57.3 Å². The van der Waals surface area contributed by atoms with E-state index in [0.717, 1.165) is 42.4 Å². The SMILES string of the molecule is Cc1cccc(NC(=O)COC(=O)CCc2ccc(S(=O)(=O)N3CCCCCC3)cc2)c1C. The lowest BCUT2D eigenvalue weighted by molar-refractivity contribution is -0.147. The van der Waals surface area contributed by atoms with Crippen molar-refractivity contribution in [1.29, 1.82) is 0 Å². The molecule has 1 aliphatic rings. The highest BCUT2D eigenvalue weighted by atomic mass is 32.2. The fraction of sp³-hybridized carbons (Fsp3) is 0.440. The highest BCUT2D eigenvalue weighted by Gasteiger charge is 2.24. The number of rotatable bonds is 8. The number of hydrogen-bond acceptors (Lipinski definition) is 5. The van der Waals surface area contributed by atoms with Gasteiger partial charge >= 0.3 is 5.97 Å². The Kier molecular flexibility index (Phi) is 8.63. The molecule has 2 aromatic carbocycles. The monoisotopic (exact) mass is 472 g/mol. The molecule has 3 rings (SSSR count). The van der Waals surface area contributed by atoms with Crippen molar-refractivity contribution in [3.8, 4) is 0 Å². The number of aryl methyl sites for hydroxylation is 2. The molecule has 0 aliphatic carbocycles. The van der Waals surface area contributed by atoms with Crippen LogP contribution in [0.4, 0.5) is 5.69 Å². The average Bonchev–Trinajstić information content (AvgIpc) is 3.10. The van der Waals surface area contributed by atoms with E-state index in [9.17, 15) is 18.0 Å². The summed E-state index contributed by atoms with van der Waals surface area (Å²) in [6, 6.07) is 12.3. The van der Waals surface area contributed by atoms with Gasteiger partial charge in [0.05, 0.1) is 4.90 Å². The summed E-state index contributed by atoms with van der Waals surface area (Å²) < 4.78 is 32.4. The minimum Gasteiger partial charge on any atom is -0.456 e. The van der Waals surface area contributed by atoms with Crippen LogP contribution >= 0.6 is 0 Å². The molecule has 178 valence electrons. The van der Waals surface area contributed by atoms with Gasteiger partial charge < -0.3 is 10.1 Å². The largest absolute Gasteiger partial charge is 0.456 e. The topological polar surface area (TPSA) is 92.8 Å². The van der Waals surface area contributed by atoms with Gasteiger partial charge in [-0.1, -0.05) is 37.1 Å². The minimum atomic E-state index is -3.49. The zero-order chi connectivity index (χ0) is 23.8. The number of hydrogen-bond donors (Lipinski definition) is 1. The van der Waals surface area contributed by atoms with E-state index < -0.39 is 16.0 Å². The number of anilines is 1. The normalized spacial score (nSPS) is 15.0. The second kappa shape index (κ2) is 11.4. The fourth-order valence-electron chi connectivity index (χ4n) is 3.80. The van der Waals surface area contributed by atoms with Crippen LogP contribution < -0.4 is 5.32 Å². The predicted octanol–water partition coefficient (Wildman–Crippen LogP) is 3.98. The zero-order valence-electron chi connectivity index (χ0n) is 19.3. The number of carbonyl (C=O) groups is 2. The second-order valence-corrected chi connectivity index (χ2v) is 10.4. The van der Waals surface area contributed by atoms with Crippen molar-refractivity contribution in [2.75, 3.05) is 25.0 Å². The highest BCUT2D eigenvalue weighted by molar-refractivity contribution is 7.89. The predicted molar refractivity (Wildman–Crippen MR) is 127 cm³/mol. The average molecular weight is 473 g/mol. The van der Waals surface area contributed by atoms with Gasteiger partial charge in [-0.3, -0.25) is 9.59 Å². The summed E-state index contributed by atoms with van der Waals surface area (Å²) in [6.07, 6.45) is 4.42. The van der Waals surface area contributed by atoms with E-state index in [4.69, 9.17) is 4.74 Å². The van der Waals surface area contributed by atoms with Gasteiger partial charge in [-0.2, -0.15) is 4.31 Å². The van der Waals surface area contributed by atoms with Gasteiger partial charge in [0.25, 0.3) is 5.91 Å². The Bertz CT molecular complexity index is 1070. The summed E-state index contributed by atoms with van der Waals surface area (Å²) in [4.78, 5) is 24.4. The Labute approximate surface area is 196 Å². The van der Waals surface area contributed by atoms with Crippen LogP contribution in [-0.2, 0) is 30.8 Å². The highest BCUT2D eigenvalue weighted by Crippen LogP contribution is 2.21. The van der Waals surface area contributed by atoms with Gasteiger partial charge in [0, 0.05) is 25.2 Å². The number of carbonyl (C=O) groups excluding carboxylic acids is 2. The third-order valence-corrected chi connectivity index (χ3v) is 7.90. The van der Waals surface area contributed by atoms with Crippen LogP contribution in [0.25, 0.3) is 0 Å². The molecular formula is C25H32N2O5S. The first-order valence-electron chi connectivity index (χ1n) is 11.4. The summed E-state index contributed by atoms with van der Waals surface area (Å²) in [5.41, 5.74) is 3.57. The summed E-state index contributed by atoms with van der Waals surface area (Å²) in [6.45, 7) is 4.66. The number of ether oxygens (including phenoxy) is 1. The number of amides is 1. The molecule has 0 unspecified atom stereocenters. The molecule has 7 nitrogen and oxygen atoms in total. The molecule has 1 N–H and O–H groups in total. The van der Waals surface area contributed by atoms with Gasteiger partial charge in [-0.05, 0) is 68.0 Å². The van der Waals surface area contributed by atoms with Gasteiger partial charge in [0.2, 0.25) is 10.0 Å². The van der Waals surface area contributed by atoms with E-state index in [0.29, 0.717) is 25.2 Å². The lowest BCUT2D eigenvalue weighted by Gasteiger charge is -2.20. The minimum absolute atomic E-state index is 0.106. The Balaban J connectivity index is 1.46. The molecule has 33 heavy (non-hydrogen) atoms. The lowest BCUT2D eigenvalue weighted by Crippen LogP contribution is -2.31. The molecule has 1 fully saturated rings. The Morgan fingerprint density at radius 1 is 0.970 bits per heavy atom. The molecule has 2 aromatic rings. The van der Waals surface area contributed by atoms with E-state index >= 15 is 0 Å². The van der Waals surface area contributed by atoms with E-state index in [1.54, 1.807) is 34.6 Å². The van der Waals surface area contributed by atoms with E-state index in [2.05, 4.69) is 5.32 Å². The molecule has 0 atom stereocenters. The molecule has 0 radical (unpaired) electrons. The van der Waals surface area contributed by atoms with Gasteiger partial charge in [-0.25, -0.2) is 8.42 Å². The summed E-state index contributed by atoms with van der Waals surface area (Å²) in [5, 5.41) is 2.75. The Hall–Kier alpha value is -2.71. The summed E-state index contributed by atoms with van der Waals surface area (Å²) in [7, 11) is -3.49. The van der Waals surface area contributed by atoms with E-state index in [-0.39, 0.29) is 23.8 Å². The quantitative estimate of drug-likeness (QED) is 0.587. The zero-order valence-corrected chi connectivity index (χ0v) is 20.1. The second-order valence-electron chi connectivity index (χ2n) is 8.42. The lowest BCUT2D eigenvalue weighted by atomic mass is 10.1. The van der Waals surface area contributed by atoms with Crippen molar-refractivity contribution >= 4 is 27.6 Å². The molecule has 0 aromatic heterocycles. The Morgan fingerprint density at radius 2 is 1.64 bits per heavy atom. The third kappa shape index (κ3) is 6.88. The van der Waals surface area contributed by atoms with Crippen LogP contribution in [0, 0.1) is 13.8 Å². The molecule has 0 saturated carbocycles. The molecule has 1 heterocycles. The summed E-state index contributed by atoms with van der Waals surface area (Å²) in [5.74, 6) is -0.868. The molecule has 1 saturated heterocycles. The van der Waals surface area contributed by atoms with Crippen LogP contribution in [0.1, 0.15) is 48.8 Å². The summed E-state index contributed by atoms with van der Waals surface area (Å²) >= 11 is 0. The van der Waals surface area contributed by atoms with Crippen molar-refractivity contribution in [1.82, 2.24) is 4.31 Å².